The molecule has 2 aromatic carbocycles. The van der Waals surface area contributed by atoms with Crippen molar-refractivity contribution in [1.82, 2.24) is 5.32 Å². The number of phenols is 1. The second-order valence-electron chi connectivity index (χ2n) is 4.66. The Bertz CT molecular complexity index is 537. The molecule has 19 heavy (non-hydrogen) atoms. The van der Waals surface area contributed by atoms with Crippen molar-refractivity contribution in [3.05, 3.63) is 65.0 Å². The Hall–Kier alpha value is -1.87. The fourth-order valence-electron chi connectivity index (χ4n) is 1.98. The van der Waals surface area contributed by atoms with Gasteiger partial charge in [-0.05, 0) is 60.8 Å². The largest absolute Gasteiger partial charge is 0.508 e. The predicted molar refractivity (Wildman–Crippen MR) is 74.7 cm³/mol. The van der Waals surface area contributed by atoms with Crippen LogP contribution in [0.3, 0.4) is 0 Å². The Morgan fingerprint density at radius 3 is 2.53 bits per heavy atom. The van der Waals surface area contributed by atoms with Crippen LogP contribution >= 0.6 is 0 Å². The quantitative estimate of drug-likeness (QED) is 0.808. The molecule has 0 atom stereocenters. The van der Waals surface area contributed by atoms with Crippen molar-refractivity contribution < 1.29 is 9.50 Å². The van der Waals surface area contributed by atoms with E-state index in [0.29, 0.717) is 5.75 Å². The van der Waals surface area contributed by atoms with Crippen LogP contribution in [0, 0.1) is 12.7 Å². The van der Waals surface area contributed by atoms with Crippen LogP contribution in [0.1, 0.15) is 16.7 Å². The molecule has 0 saturated heterocycles. The van der Waals surface area contributed by atoms with Crippen molar-refractivity contribution in [1.29, 1.82) is 0 Å². The van der Waals surface area contributed by atoms with Crippen LogP contribution in [0.4, 0.5) is 4.39 Å². The average molecular weight is 259 g/mol. The van der Waals surface area contributed by atoms with E-state index in [9.17, 15) is 9.50 Å². The van der Waals surface area contributed by atoms with Crippen molar-refractivity contribution in [3.8, 4) is 5.75 Å². The monoisotopic (exact) mass is 259 g/mol. The molecule has 2 nitrogen and oxygen atoms in total. The minimum absolute atomic E-state index is 0.189. The van der Waals surface area contributed by atoms with E-state index in [0.717, 1.165) is 30.6 Å². The maximum atomic E-state index is 12.9. The normalized spacial score (nSPS) is 10.6. The van der Waals surface area contributed by atoms with Gasteiger partial charge in [0.1, 0.15) is 11.6 Å². The standard InChI is InChI=1S/C16H18FNO/c1-12-10-15(17)5-4-14(12)11-18-9-8-13-2-6-16(19)7-3-13/h2-7,10,18-19H,8-9,11H2,1H3. The Morgan fingerprint density at radius 2 is 1.84 bits per heavy atom. The average Bonchev–Trinajstić information content (AvgIpc) is 2.39. The van der Waals surface area contributed by atoms with Gasteiger partial charge in [-0.3, -0.25) is 0 Å². The molecule has 0 bridgehead atoms. The number of nitrogens with one attached hydrogen (secondary N) is 1. The van der Waals surface area contributed by atoms with Crippen molar-refractivity contribution in [2.45, 2.75) is 19.9 Å². The van der Waals surface area contributed by atoms with E-state index in [-0.39, 0.29) is 5.82 Å². The van der Waals surface area contributed by atoms with E-state index >= 15 is 0 Å². The van der Waals surface area contributed by atoms with Crippen LogP contribution in [0.15, 0.2) is 42.5 Å². The van der Waals surface area contributed by atoms with Gasteiger partial charge in [0.05, 0.1) is 0 Å². The molecule has 0 heterocycles. The number of phenolic OH excluding ortho intramolecular Hbond substituents is 1. The van der Waals surface area contributed by atoms with E-state index in [4.69, 9.17) is 0 Å². The van der Waals surface area contributed by atoms with E-state index in [1.165, 1.54) is 11.6 Å². The molecule has 3 heteroatoms. The van der Waals surface area contributed by atoms with Gasteiger partial charge < -0.3 is 10.4 Å². The molecule has 0 saturated carbocycles. The van der Waals surface area contributed by atoms with Gasteiger partial charge in [-0.25, -0.2) is 4.39 Å². The van der Waals surface area contributed by atoms with E-state index in [1.807, 2.05) is 25.1 Å². The van der Waals surface area contributed by atoms with Crippen molar-refractivity contribution >= 4 is 0 Å². The lowest BCUT2D eigenvalue weighted by Gasteiger charge is -2.08. The number of hydrogen-bond donors (Lipinski definition) is 2. The Morgan fingerprint density at radius 1 is 1.11 bits per heavy atom. The Kier molecular flexibility index (Phi) is 4.53. The SMILES string of the molecule is Cc1cc(F)ccc1CNCCc1ccc(O)cc1. The minimum atomic E-state index is -0.189. The summed E-state index contributed by atoms with van der Waals surface area (Å²) in [4.78, 5) is 0. The van der Waals surface area contributed by atoms with Crippen molar-refractivity contribution in [2.75, 3.05) is 6.54 Å². The minimum Gasteiger partial charge on any atom is -0.508 e. The topological polar surface area (TPSA) is 32.3 Å². The summed E-state index contributed by atoms with van der Waals surface area (Å²) in [7, 11) is 0. The molecule has 2 N–H and O–H groups in total. The highest BCUT2D eigenvalue weighted by Crippen LogP contribution is 2.11. The predicted octanol–water partition coefficient (Wildman–Crippen LogP) is 3.17. The second-order valence-corrected chi connectivity index (χ2v) is 4.66. The smallest absolute Gasteiger partial charge is 0.123 e. The first-order valence-corrected chi connectivity index (χ1v) is 6.39. The maximum Gasteiger partial charge on any atom is 0.123 e. The summed E-state index contributed by atoms with van der Waals surface area (Å²) in [5.41, 5.74) is 3.27. The maximum absolute atomic E-state index is 12.9. The lowest BCUT2D eigenvalue weighted by Crippen LogP contribution is -2.17. The van der Waals surface area contributed by atoms with E-state index in [1.54, 1.807) is 18.2 Å². The molecule has 2 rings (SSSR count). The first kappa shape index (κ1) is 13.6. The van der Waals surface area contributed by atoms with Gasteiger partial charge in [-0.1, -0.05) is 18.2 Å². The summed E-state index contributed by atoms with van der Waals surface area (Å²) in [5.74, 6) is 0.101. The lowest BCUT2D eigenvalue weighted by atomic mass is 10.1. The summed E-state index contributed by atoms with van der Waals surface area (Å²) in [6.07, 6.45) is 0.903. The molecule has 0 aliphatic carbocycles. The van der Waals surface area contributed by atoms with E-state index in [2.05, 4.69) is 5.32 Å². The summed E-state index contributed by atoms with van der Waals surface area (Å²) >= 11 is 0. The third-order valence-corrected chi connectivity index (χ3v) is 3.15. The van der Waals surface area contributed by atoms with Gasteiger partial charge in [0.2, 0.25) is 0 Å². The van der Waals surface area contributed by atoms with Crippen LogP contribution in [-0.4, -0.2) is 11.7 Å². The number of aryl methyl sites for hydroxylation is 1. The van der Waals surface area contributed by atoms with Crippen LogP contribution in [0.2, 0.25) is 0 Å². The highest BCUT2D eigenvalue weighted by atomic mass is 19.1. The fraction of sp³-hybridized carbons (Fsp3) is 0.250. The van der Waals surface area contributed by atoms with Crippen molar-refractivity contribution in [2.24, 2.45) is 0 Å². The number of benzene rings is 2. The molecule has 0 fully saturated rings. The molecular formula is C16H18FNO. The molecule has 0 aromatic heterocycles. The summed E-state index contributed by atoms with van der Waals surface area (Å²) in [6, 6.07) is 12.1. The molecule has 100 valence electrons. The zero-order valence-corrected chi connectivity index (χ0v) is 11.0. The summed E-state index contributed by atoms with van der Waals surface area (Å²) in [6.45, 7) is 3.51. The van der Waals surface area contributed by atoms with Gasteiger partial charge in [0, 0.05) is 6.54 Å². The summed E-state index contributed by atoms with van der Waals surface area (Å²) in [5, 5.41) is 12.5. The molecule has 0 spiro atoms. The number of rotatable bonds is 5. The van der Waals surface area contributed by atoms with Gasteiger partial charge in [0.15, 0.2) is 0 Å². The lowest BCUT2D eigenvalue weighted by molar-refractivity contribution is 0.475. The molecule has 0 radical (unpaired) electrons. The third kappa shape index (κ3) is 4.07. The molecule has 2 aromatic rings. The van der Waals surface area contributed by atoms with Crippen LogP contribution < -0.4 is 5.32 Å². The molecule has 0 aliphatic heterocycles. The van der Waals surface area contributed by atoms with Gasteiger partial charge in [0.25, 0.3) is 0 Å². The number of hydrogen-bond acceptors (Lipinski definition) is 2. The van der Waals surface area contributed by atoms with Crippen molar-refractivity contribution in [3.63, 3.8) is 0 Å². The number of aromatic hydroxyl groups is 1. The van der Waals surface area contributed by atoms with Crippen LogP contribution in [0.5, 0.6) is 5.75 Å². The van der Waals surface area contributed by atoms with Gasteiger partial charge in [-0.15, -0.1) is 0 Å². The van der Waals surface area contributed by atoms with Gasteiger partial charge in [-0.2, -0.15) is 0 Å². The molecule has 0 amide bonds. The van der Waals surface area contributed by atoms with Crippen LogP contribution in [0.25, 0.3) is 0 Å². The first-order chi connectivity index (χ1) is 9.15. The molecular weight excluding hydrogens is 241 g/mol. The Balaban J connectivity index is 1.79. The molecule has 0 unspecified atom stereocenters. The van der Waals surface area contributed by atoms with Crippen LogP contribution in [-0.2, 0) is 13.0 Å². The zero-order valence-electron chi connectivity index (χ0n) is 11.0. The highest BCUT2D eigenvalue weighted by Gasteiger charge is 2.00. The van der Waals surface area contributed by atoms with E-state index < -0.39 is 0 Å². The fourth-order valence-corrected chi connectivity index (χ4v) is 1.98. The molecule has 0 aliphatic rings. The first-order valence-electron chi connectivity index (χ1n) is 6.39. The second kappa shape index (κ2) is 6.34. The summed E-state index contributed by atoms with van der Waals surface area (Å²) < 4.78 is 12.9. The third-order valence-electron chi connectivity index (χ3n) is 3.15. The Labute approximate surface area is 112 Å². The zero-order chi connectivity index (χ0) is 13.7. The number of halogens is 1. The van der Waals surface area contributed by atoms with Gasteiger partial charge >= 0.3 is 0 Å². The highest BCUT2D eigenvalue weighted by molar-refractivity contribution is 5.27.